The van der Waals surface area contributed by atoms with Crippen molar-refractivity contribution in [3.05, 3.63) is 58.1 Å². The topological polar surface area (TPSA) is 35.5 Å². The Hall–Kier alpha value is -1.71. The molecule has 2 rings (SSSR count). The molecule has 0 aliphatic carbocycles. The number of carbonyl (C=O) groups excluding carboxylic acids is 1. The molecule has 2 aromatic rings. The van der Waals surface area contributed by atoms with Gasteiger partial charge in [0.15, 0.2) is 17.6 Å². The SMILES string of the molecule is COc1ccccc1OC(C)C(=O)c1ccc(Cl)cc1Cl. The summed E-state index contributed by atoms with van der Waals surface area (Å²) in [6, 6.07) is 11.9. The third-order valence-electron chi connectivity index (χ3n) is 2.94. The third-order valence-corrected chi connectivity index (χ3v) is 3.49. The van der Waals surface area contributed by atoms with Crippen LogP contribution >= 0.6 is 23.2 Å². The van der Waals surface area contributed by atoms with E-state index in [0.717, 1.165) is 0 Å². The van der Waals surface area contributed by atoms with Crippen LogP contribution in [0.1, 0.15) is 17.3 Å². The first-order chi connectivity index (χ1) is 10.0. The summed E-state index contributed by atoms with van der Waals surface area (Å²) in [4.78, 5) is 12.4. The molecule has 1 atom stereocenters. The first kappa shape index (κ1) is 15.7. The van der Waals surface area contributed by atoms with Crippen molar-refractivity contribution >= 4 is 29.0 Å². The minimum atomic E-state index is -0.694. The molecule has 5 heteroatoms. The van der Waals surface area contributed by atoms with Crippen LogP contribution in [0.4, 0.5) is 0 Å². The van der Waals surface area contributed by atoms with Crippen molar-refractivity contribution in [3.63, 3.8) is 0 Å². The number of rotatable bonds is 5. The van der Waals surface area contributed by atoms with E-state index < -0.39 is 6.10 Å². The molecule has 0 aliphatic heterocycles. The summed E-state index contributed by atoms with van der Waals surface area (Å²) in [5, 5.41) is 0.790. The van der Waals surface area contributed by atoms with E-state index in [-0.39, 0.29) is 5.78 Å². The zero-order valence-corrected chi connectivity index (χ0v) is 13.1. The van der Waals surface area contributed by atoms with Crippen molar-refractivity contribution in [1.29, 1.82) is 0 Å². The highest BCUT2D eigenvalue weighted by Crippen LogP contribution is 2.28. The Morgan fingerprint density at radius 3 is 2.38 bits per heavy atom. The van der Waals surface area contributed by atoms with Gasteiger partial charge in [0, 0.05) is 10.6 Å². The van der Waals surface area contributed by atoms with Crippen molar-refractivity contribution in [2.45, 2.75) is 13.0 Å². The van der Waals surface area contributed by atoms with Gasteiger partial charge in [0.25, 0.3) is 0 Å². The second-order valence-corrected chi connectivity index (χ2v) is 5.24. The van der Waals surface area contributed by atoms with Gasteiger partial charge in [0.05, 0.1) is 12.1 Å². The molecule has 0 spiro atoms. The standard InChI is InChI=1S/C16H14Cl2O3/c1-10(21-15-6-4-3-5-14(15)20-2)16(19)12-8-7-11(17)9-13(12)18/h3-10H,1-2H3. The summed E-state index contributed by atoms with van der Waals surface area (Å²) in [6.45, 7) is 1.67. The molecule has 0 fully saturated rings. The maximum absolute atomic E-state index is 12.4. The molecule has 0 aliphatic rings. The van der Waals surface area contributed by atoms with E-state index in [0.29, 0.717) is 27.1 Å². The molecule has 1 unspecified atom stereocenters. The predicted octanol–water partition coefficient (Wildman–Crippen LogP) is 4.65. The summed E-state index contributed by atoms with van der Waals surface area (Å²) in [5.74, 6) is 0.855. The van der Waals surface area contributed by atoms with Gasteiger partial charge in [-0.15, -0.1) is 0 Å². The van der Waals surface area contributed by atoms with Crippen LogP contribution in [0.15, 0.2) is 42.5 Å². The number of halogens is 2. The Morgan fingerprint density at radius 2 is 1.76 bits per heavy atom. The van der Waals surface area contributed by atoms with Crippen LogP contribution in [0.5, 0.6) is 11.5 Å². The smallest absolute Gasteiger partial charge is 0.204 e. The van der Waals surface area contributed by atoms with Crippen LogP contribution in [0.2, 0.25) is 10.0 Å². The molecule has 110 valence electrons. The van der Waals surface area contributed by atoms with Gasteiger partial charge in [0.2, 0.25) is 5.78 Å². The number of ether oxygens (including phenoxy) is 2. The van der Waals surface area contributed by atoms with E-state index in [1.54, 1.807) is 38.3 Å². The van der Waals surface area contributed by atoms with E-state index in [1.807, 2.05) is 12.1 Å². The van der Waals surface area contributed by atoms with E-state index in [2.05, 4.69) is 0 Å². The van der Waals surface area contributed by atoms with Gasteiger partial charge in [0.1, 0.15) is 0 Å². The van der Waals surface area contributed by atoms with E-state index in [1.165, 1.54) is 6.07 Å². The molecule has 0 amide bonds. The Balaban J connectivity index is 2.19. The van der Waals surface area contributed by atoms with Crippen LogP contribution in [-0.2, 0) is 0 Å². The Labute approximate surface area is 133 Å². The normalized spacial score (nSPS) is 11.8. The highest BCUT2D eigenvalue weighted by molar-refractivity contribution is 6.37. The van der Waals surface area contributed by atoms with Crippen LogP contribution in [0, 0.1) is 0 Å². The zero-order valence-electron chi connectivity index (χ0n) is 11.6. The van der Waals surface area contributed by atoms with Gasteiger partial charge in [-0.2, -0.15) is 0 Å². The van der Waals surface area contributed by atoms with Crippen LogP contribution < -0.4 is 9.47 Å². The minimum Gasteiger partial charge on any atom is -0.493 e. The van der Waals surface area contributed by atoms with Crippen molar-refractivity contribution in [2.24, 2.45) is 0 Å². The average molecular weight is 325 g/mol. The second kappa shape index (κ2) is 6.83. The second-order valence-electron chi connectivity index (χ2n) is 4.40. The molecular formula is C16H14Cl2O3. The fourth-order valence-corrected chi connectivity index (χ4v) is 2.37. The summed E-state index contributed by atoms with van der Waals surface area (Å²) in [6.07, 6.45) is -0.694. The monoisotopic (exact) mass is 324 g/mol. The lowest BCUT2D eigenvalue weighted by atomic mass is 10.1. The maximum Gasteiger partial charge on any atom is 0.204 e. The first-order valence-corrected chi connectivity index (χ1v) is 7.07. The van der Waals surface area contributed by atoms with Crippen LogP contribution in [0.3, 0.4) is 0 Å². The summed E-state index contributed by atoms with van der Waals surface area (Å²) in [5.41, 5.74) is 0.378. The number of para-hydroxylation sites is 2. The zero-order chi connectivity index (χ0) is 15.4. The van der Waals surface area contributed by atoms with E-state index in [4.69, 9.17) is 32.7 Å². The molecule has 0 bridgehead atoms. The number of methoxy groups -OCH3 is 1. The summed E-state index contributed by atoms with van der Waals surface area (Å²) >= 11 is 11.9. The fraction of sp³-hybridized carbons (Fsp3) is 0.188. The number of ketones is 1. The Bertz CT molecular complexity index is 656. The number of benzene rings is 2. The third kappa shape index (κ3) is 3.69. The molecule has 0 saturated carbocycles. The van der Waals surface area contributed by atoms with Gasteiger partial charge >= 0.3 is 0 Å². The van der Waals surface area contributed by atoms with Gasteiger partial charge in [-0.25, -0.2) is 0 Å². The van der Waals surface area contributed by atoms with Crippen LogP contribution in [-0.4, -0.2) is 19.0 Å². The van der Waals surface area contributed by atoms with E-state index in [9.17, 15) is 4.79 Å². The molecule has 0 N–H and O–H groups in total. The lowest BCUT2D eigenvalue weighted by Gasteiger charge is -2.16. The number of carbonyl (C=O) groups is 1. The van der Waals surface area contributed by atoms with Gasteiger partial charge in [-0.3, -0.25) is 4.79 Å². The van der Waals surface area contributed by atoms with Gasteiger partial charge in [-0.1, -0.05) is 35.3 Å². The van der Waals surface area contributed by atoms with Crippen molar-refractivity contribution in [1.82, 2.24) is 0 Å². The predicted molar refractivity (Wildman–Crippen MR) is 83.9 cm³/mol. The molecule has 0 aromatic heterocycles. The number of hydrogen-bond donors (Lipinski definition) is 0. The molecule has 0 saturated heterocycles. The first-order valence-electron chi connectivity index (χ1n) is 6.32. The van der Waals surface area contributed by atoms with Crippen molar-refractivity contribution in [3.8, 4) is 11.5 Å². The van der Waals surface area contributed by atoms with Gasteiger partial charge < -0.3 is 9.47 Å². The molecular weight excluding hydrogens is 311 g/mol. The Kier molecular flexibility index (Phi) is 5.10. The lowest BCUT2D eigenvalue weighted by Crippen LogP contribution is -2.24. The lowest BCUT2D eigenvalue weighted by molar-refractivity contribution is 0.0814. The highest BCUT2D eigenvalue weighted by Gasteiger charge is 2.20. The van der Waals surface area contributed by atoms with Gasteiger partial charge in [-0.05, 0) is 37.3 Å². The maximum atomic E-state index is 12.4. The fourth-order valence-electron chi connectivity index (χ4n) is 1.87. The molecule has 21 heavy (non-hydrogen) atoms. The van der Waals surface area contributed by atoms with Crippen molar-refractivity contribution in [2.75, 3.05) is 7.11 Å². The van der Waals surface area contributed by atoms with Crippen molar-refractivity contribution < 1.29 is 14.3 Å². The molecule has 3 nitrogen and oxygen atoms in total. The number of hydrogen-bond acceptors (Lipinski definition) is 3. The Morgan fingerprint density at radius 1 is 1.10 bits per heavy atom. The quantitative estimate of drug-likeness (QED) is 0.751. The van der Waals surface area contributed by atoms with Crippen LogP contribution in [0.25, 0.3) is 0 Å². The number of Topliss-reactive ketones (excluding diaryl/α,β-unsaturated/α-hetero) is 1. The minimum absolute atomic E-state index is 0.220. The summed E-state index contributed by atoms with van der Waals surface area (Å²) < 4.78 is 10.9. The average Bonchev–Trinajstić information content (AvgIpc) is 2.47. The highest BCUT2D eigenvalue weighted by atomic mass is 35.5. The van der Waals surface area contributed by atoms with E-state index >= 15 is 0 Å². The molecule has 0 radical (unpaired) electrons. The molecule has 2 aromatic carbocycles. The summed E-state index contributed by atoms with van der Waals surface area (Å²) in [7, 11) is 1.55. The molecule has 0 heterocycles. The largest absolute Gasteiger partial charge is 0.493 e.